The molecule has 0 aliphatic rings. The van der Waals surface area contributed by atoms with Crippen molar-refractivity contribution in [2.45, 2.75) is 26.4 Å². The van der Waals surface area contributed by atoms with Crippen molar-refractivity contribution in [2.24, 2.45) is 0 Å². The van der Waals surface area contributed by atoms with Gasteiger partial charge in [-0.15, -0.1) is 0 Å². The first-order chi connectivity index (χ1) is 5.36. The van der Waals surface area contributed by atoms with Gasteiger partial charge in [0.05, 0.1) is 0 Å². The molecule has 0 spiro atoms. The standard InChI is InChI=1S/C10H13F/c1-2-3-9-4-6-10(8-11)7-5-9/h4-7H,2-3,8H2,1H3. The van der Waals surface area contributed by atoms with Gasteiger partial charge >= 0.3 is 0 Å². The Kier molecular flexibility index (Phi) is 3.09. The highest BCUT2D eigenvalue weighted by molar-refractivity contribution is 5.21. The van der Waals surface area contributed by atoms with Crippen LogP contribution in [0.1, 0.15) is 24.5 Å². The molecule has 0 atom stereocenters. The molecule has 0 bridgehead atoms. The van der Waals surface area contributed by atoms with E-state index >= 15 is 0 Å². The largest absolute Gasteiger partial charge is 0.246 e. The number of benzene rings is 1. The van der Waals surface area contributed by atoms with Crippen LogP contribution >= 0.6 is 0 Å². The van der Waals surface area contributed by atoms with Crippen molar-refractivity contribution in [3.63, 3.8) is 0 Å². The first-order valence-corrected chi connectivity index (χ1v) is 4.00. The number of hydrogen-bond acceptors (Lipinski definition) is 0. The molecule has 1 heteroatoms. The fourth-order valence-electron chi connectivity index (χ4n) is 1.08. The van der Waals surface area contributed by atoms with E-state index in [9.17, 15) is 4.39 Å². The summed E-state index contributed by atoms with van der Waals surface area (Å²) in [6, 6.07) is 7.70. The van der Waals surface area contributed by atoms with Crippen LogP contribution in [0.5, 0.6) is 0 Å². The van der Waals surface area contributed by atoms with E-state index in [2.05, 4.69) is 6.92 Å². The minimum Gasteiger partial charge on any atom is -0.246 e. The maximum Gasteiger partial charge on any atom is 0.115 e. The number of alkyl halides is 1. The molecular weight excluding hydrogens is 139 g/mol. The van der Waals surface area contributed by atoms with Crippen molar-refractivity contribution >= 4 is 0 Å². The second-order valence-electron chi connectivity index (χ2n) is 2.70. The first kappa shape index (κ1) is 8.25. The van der Waals surface area contributed by atoms with Gasteiger partial charge in [-0.3, -0.25) is 0 Å². The van der Waals surface area contributed by atoms with E-state index in [1.165, 1.54) is 5.56 Å². The van der Waals surface area contributed by atoms with Crippen LogP contribution in [0.4, 0.5) is 4.39 Å². The Labute approximate surface area is 67.1 Å². The fraction of sp³-hybridized carbons (Fsp3) is 0.400. The summed E-state index contributed by atoms with van der Waals surface area (Å²) in [6.45, 7) is 1.79. The molecule has 0 amide bonds. The third-order valence-corrected chi connectivity index (χ3v) is 1.72. The van der Waals surface area contributed by atoms with Gasteiger partial charge < -0.3 is 0 Å². The minimum absolute atomic E-state index is 0.355. The second kappa shape index (κ2) is 4.12. The van der Waals surface area contributed by atoms with E-state index in [4.69, 9.17) is 0 Å². The molecule has 0 fully saturated rings. The zero-order chi connectivity index (χ0) is 8.10. The summed E-state index contributed by atoms with van der Waals surface area (Å²) in [7, 11) is 0. The number of halogens is 1. The van der Waals surface area contributed by atoms with Gasteiger partial charge in [0.2, 0.25) is 0 Å². The summed E-state index contributed by atoms with van der Waals surface area (Å²) in [5.41, 5.74) is 2.06. The number of aryl methyl sites for hydroxylation is 1. The van der Waals surface area contributed by atoms with Gasteiger partial charge in [0.25, 0.3) is 0 Å². The molecule has 0 aliphatic carbocycles. The van der Waals surface area contributed by atoms with Crippen molar-refractivity contribution in [2.75, 3.05) is 0 Å². The van der Waals surface area contributed by atoms with Crippen LogP contribution in [-0.2, 0) is 13.1 Å². The quantitative estimate of drug-likeness (QED) is 0.624. The Morgan fingerprint density at radius 1 is 1.09 bits per heavy atom. The first-order valence-electron chi connectivity index (χ1n) is 4.00. The van der Waals surface area contributed by atoms with Crippen molar-refractivity contribution < 1.29 is 4.39 Å². The molecule has 0 aromatic heterocycles. The van der Waals surface area contributed by atoms with Crippen molar-refractivity contribution in [3.05, 3.63) is 35.4 Å². The lowest BCUT2D eigenvalue weighted by Crippen LogP contribution is -1.83. The van der Waals surface area contributed by atoms with E-state index in [0.29, 0.717) is 0 Å². The average Bonchev–Trinajstić information content (AvgIpc) is 2.07. The lowest BCUT2D eigenvalue weighted by atomic mass is 10.1. The summed E-state index contributed by atoms with van der Waals surface area (Å²) in [5.74, 6) is 0. The van der Waals surface area contributed by atoms with Crippen LogP contribution in [0.25, 0.3) is 0 Å². The van der Waals surface area contributed by atoms with Crippen LogP contribution in [0.2, 0.25) is 0 Å². The fourth-order valence-corrected chi connectivity index (χ4v) is 1.08. The number of hydrogen-bond donors (Lipinski definition) is 0. The van der Waals surface area contributed by atoms with Gasteiger partial charge in [0.1, 0.15) is 6.67 Å². The molecule has 0 radical (unpaired) electrons. The zero-order valence-corrected chi connectivity index (χ0v) is 6.81. The predicted molar refractivity (Wildman–Crippen MR) is 45.2 cm³/mol. The Morgan fingerprint density at radius 2 is 1.64 bits per heavy atom. The topological polar surface area (TPSA) is 0 Å². The molecule has 1 aromatic rings. The molecular formula is C10H13F. The zero-order valence-electron chi connectivity index (χ0n) is 6.81. The Bertz CT molecular complexity index is 201. The summed E-state index contributed by atoms with van der Waals surface area (Å²) < 4.78 is 12.0. The molecule has 11 heavy (non-hydrogen) atoms. The lowest BCUT2D eigenvalue weighted by molar-refractivity contribution is 0.485. The molecule has 0 heterocycles. The molecule has 1 aromatic carbocycles. The van der Waals surface area contributed by atoms with E-state index < -0.39 is 0 Å². The third-order valence-electron chi connectivity index (χ3n) is 1.72. The average molecular weight is 152 g/mol. The van der Waals surface area contributed by atoms with Crippen molar-refractivity contribution in [1.29, 1.82) is 0 Å². The highest BCUT2D eigenvalue weighted by Crippen LogP contribution is 2.07. The number of rotatable bonds is 3. The van der Waals surface area contributed by atoms with Crippen LogP contribution in [0.15, 0.2) is 24.3 Å². The molecule has 0 aliphatic heterocycles. The highest BCUT2D eigenvalue weighted by atomic mass is 19.1. The van der Waals surface area contributed by atoms with Gasteiger partial charge in [0.15, 0.2) is 0 Å². The van der Waals surface area contributed by atoms with Gasteiger partial charge in [-0.05, 0) is 17.5 Å². The van der Waals surface area contributed by atoms with E-state index in [1.807, 2.05) is 24.3 Å². The normalized spacial score (nSPS) is 10.0. The Balaban J connectivity index is 2.66. The molecule has 1 rings (SSSR count). The molecule has 0 saturated carbocycles. The molecule has 0 N–H and O–H groups in total. The van der Waals surface area contributed by atoms with Crippen molar-refractivity contribution in [3.8, 4) is 0 Å². The smallest absolute Gasteiger partial charge is 0.115 e. The maximum absolute atomic E-state index is 12.0. The minimum atomic E-state index is -0.355. The molecule has 0 saturated heterocycles. The highest BCUT2D eigenvalue weighted by Gasteiger charge is 1.91. The second-order valence-corrected chi connectivity index (χ2v) is 2.70. The van der Waals surface area contributed by atoms with Crippen LogP contribution in [-0.4, -0.2) is 0 Å². The molecule has 0 nitrogen and oxygen atoms in total. The van der Waals surface area contributed by atoms with Crippen molar-refractivity contribution in [1.82, 2.24) is 0 Å². The lowest BCUT2D eigenvalue weighted by Gasteiger charge is -1.98. The molecule has 0 unspecified atom stereocenters. The van der Waals surface area contributed by atoms with Crippen LogP contribution in [0.3, 0.4) is 0 Å². The van der Waals surface area contributed by atoms with Gasteiger partial charge in [-0.25, -0.2) is 4.39 Å². The molecule has 60 valence electrons. The summed E-state index contributed by atoms with van der Waals surface area (Å²) in [4.78, 5) is 0. The third kappa shape index (κ3) is 2.34. The van der Waals surface area contributed by atoms with Gasteiger partial charge in [-0.1, -0.05) is 37.6 Å². The Morgan fingerprint density at radius 3 is 2.09 bits per heavy atom. The summed E-state index contributed by atoms with van der Waals surface area (Å²) >= 11 is 0. The predicted octanol–water partition coefficient (Wildman–Crippen LogP) is 3.11. The van der Waals surface area contributed by atoms with E-state index in [0.717, 1.165) is 18.4 Å². The van der Waals surface area contributed by atoms with Crippen LogP contribution < -0.4 is 0 Å². The van der Waals surface area contributed by atoms with E-state index in [1.54, 1.807) is 0 Å². The van der Waals surface area contributed by atoms with Gasteiger partial charge in [-0.2, -0.15) is 0 Å². The monoisotopic (exact) mass is 152 g/mol. The SMILES string of the molecule is CCCc1ccc(CF)cc1. The maximum atomic E-state index is 12.0. The summed E-state index contributed by atoms with van der Waals surface area (Å²) in [6.07, 6.45) is 2.24. The van der Waals surface area contributed by atoms with E-state index in [-0.39, 0.29) is 6.67 Å². The summed E-state index contributed by atoms with van der Waals surface area (Å²) in [5, 5.41) is 0. The van der Waals surface area contributed by atoms with Gasteiger partial charge in [0, 0.05) is 0 Å². The van der Waals surface area contributed by atoms with Crippen LogP contribution in [0, 0.1) is 0 Å². The Hall–Kier alpha value is -0.850.